The summed E-state index contributed by atoms with van der Waals surface area (Å²) in [5.41, 5.74) is 0. The van der Waals surface area contributed by atoms with Gasteiger partial charge in [0, 0.05) is 26.4 Å². The van der Waals surface area contributed by atoms with E-state index in [4.69, 9.17) is 14.6 Å². The van der Waals surface area contributed by atoms with E-state index in [9.17, 15) is 0 Å². The van der Waals surface area contributed by atoms with Crippen LogP contribution in [0.25, 0.3) is 0 Å². The fraction of sp³-hybridized carbons (Fsp3) is 1.00. The molecule has 3 nitrogen and oxygen atoms in total. The van der Waals surface area contributed by atoms with Crippen LogP contribution in [0.3, 0.4) is 0 Å². The molecule has 2 rings (SSSR count). The minimum absolute atomic E-state index is 0.354. The van der Waals surface area contributed by atoms with Crippen LogP contribution in [0.2, 0.25) is 0 Å². The Hall–Kier alpha value is -0.120. The van der Waals surface area contributed by atoms with E-state index in [2.05, 4.69) is 0 Å². The van der Waals surface area contributed by atoms with Gasteiger partial charge in [-0.3, -0.25) is 0 Å². The Morgan fingerprint density at radius 3 is 2.25 bits per heavy atom. The summed E-state index contributed by atoms with van der Waals surface area (Å²) < 4.78 is 11.3. The largest absolute Gasteiger partial charge is 0.396 e. The second kappa shape index (κ2) is 6.58. The number of rotatable bonds is 4. The van der Waals surface area contributed by atoms with E-state index >= 15 is 0 Å². The van der Waals surface area contributed by atoms with E-state index < -0.39 is 0 Å². The van der Waals surface area contributed by atoms with Crippen LogP contribution in [0.5, 0.6) is 0 Å². The fourth-order valence-electron chi connectivity index (χ4n) is 2.67. The molecular formula is C13H24O3. The topological polar surface area (TPSA) is 38.7 Å². The van der Waals surface area contributed by atoms with Gasteiger partial charge in [-0.1, -0.05) is 0 Å². The third-order valence-corrected chi connectivity index (χ3v) is 3.96. The number of hydrogen-bond acceptors (Lipinski definition) is 3. The van der Waals surface area contributed by atoms with Crippen molar-refractivity contribution in [2.24, 2.45) is 11.8 Å². The predicted molar refractivity (Wildman–Crippen MR) is 62.3 cm³/mol. The van der Waals surface area contributed by atoms with Gasteiger partial charge in [-0.25, -0.2) is 0 Å². The summed E-state index contributed by atoms with van der Waals surface area (Å²) in [7, 11) is 0. The highest BCUT2D eigenvalue weighted by atomic mass is 16.5. The van der Waals surface area contributed by atoms with Crippen LogP contribution in [0.1, 0.15) is 38.5 Å². The maximum atomic E-state index is 9.06. The molecule has 0 spiro atoms. The lowest BCUT2D eigenvalue weighted by Gasteiger charge is -2.29. The van der Waals surface area contributed by atoms with E-state index in [-0.39, 0.29) is 0 Å². The van der Waals surface area contributed by atoms with Crippen molar-refractivity contribution in [1.29, 1.82) is 0 Å². The molecule has 0 amide bonds. The molecule has 0 atom stereocenters. The molecule has 0 unspecified atom stereocenters. The smallest absolute Gasteiger partial charge is 0.0575 e. The first-order valence-corrected chi connectivity index (χ1v) is 6.68. The van der Waals surface area contributed by atoms with Crippen LogP contribution >= 0.6 is 0 Å². The van der Waals surface area contributed by atoms with Gasteiger partial charge in [-0.05, 0) is 50.4 Å². The minimum Gasteiger partial charge on any atom is -0.396 e. The van der Waals surface area contributed by atoms with Crippen LogP contribution in [0.4, 0.5) is 0 Å². The van der Waals surface area contributed by atoms with Gasteiger partial charge in [0.05, 0.1) is 6.10 Å². The van der Waals surface area contributed by atoms with E-state index in [1.54, 1.807) is 0 Å². The lowest BCUT2D eigenvalue weighted by atomic mass is 9.88. The second-order valence-corrected chi connectivity index (χ2v) is 5.21. The van der Waals surface area contributed by atoms with Crippen LogP contribution in [-0.4, -0.2) is 37.6 Å². The lowest BCUT2D eigenvalue weighted by Crippen LogP contribution is -2.27. The zero-order valence-corrected chi connectivity index (χ0v) is 10.1. The van der Waals surface area contributed by atoms with E-state index in [1.165, 1.54) is 0 Å². The average Bonchev–Trinajstić information content (AvgIpc) is 2.38. The normalized spacial score (nSPS) is 32.8. The third kappa shape index (κ3) is 3.72. The Balaban J connectivity index is 1.59. The van der Waals surface area contributed by atoms with Gasteiger partial charge in [-0.15, -0.1) is 0 Å². The van der Waals surface area contributed by atoms with Gasteiger partial charge in [0.15, 0.2) is 0 Å². The zero-order valence-electron chi connectivity index (χ0n) is 10.1. The number of aliphatic hydroxyl groups excluding tert-OH is 1. The van der Waals surface area contributed by atoms with Gasteiger partial charge >= 0.3 is 0 Å². The second-order valence-electron chi connectivity index (χ2n) is 5.21. The SMILES string of the molecule is OCC1CCC(OCC2CCOCC2)CC1. The van der Waals surface area contributed by atoms with Crippen molar-refractivity contribution >= 4 is 0 Å². The summed E-state index contributed by atoms with van der Waals surface area (Å²) in [6, 6.07) is 0. The van der Waals surface area contributed by atoms with Crippen molar-refractivity contribution in [1.82, 2.24) is 0 Å². The quantitative estimate of drug-likeness (QED) is 0.799. The van der Waals surface area contributed by atoms with Crippen molar-refractivity contribution in [3.05, 3.63) is 0 Å². The molecule has 1 aliphatic heterocycles. The molecule has 1 N–H and O–H groups in total. The van der Waals surface area contributed by atoms with Crippen molar-refractivity contribution < 1.29 is 14.6 Å². The average molecular weight is 228 g/mol. The first-order chi connectivity index (χ1) is 7.88. The summed E-state index contributed by atoms with van der Waals surface area (Å²) in [5, 5.41) is 9.06. The van der Waals surface area contributed by atoms with E-state index in [0.717, 1.165) is 58.3 Å². The molecule has 0 aromatic heterocycles. The van der Waals surface area contributed by atoms with Crippen LogP contribution in [0, 0.1) is 11.8 Å². The molecule has 2 aliphatic rings. The van der Waals surface area contributed by atoms with Crippen LogP contribution in [-0.2, 0) is 9.47 Å². The van der Waals surface area contributed by atoms with Gasteiger partial charge in [0.1, 0.15) is 0 Å². The molecule has 1 saturated carbocycles. The molecule has 3 heteroatoms. The number of ether oxygens (including phenoxy) is 2. The molecule has 1 saturated heterocycles. The molecule has 0 aromatic carbocycles. The van der Waals surface area contributed by atoms with Crippen LogP contribution in [0.15, 0.2) is 0 Å². The zero-order chi connectivity index (χ0) is 11.2. The molecule has 1 heterocycles. The molecule has 16 heavy (non-hydrogen) atoms. The van der Waals surface area contributed by atoms with E-state index in [1.807, 2.05) is 0 Å². The first kappa shape index (κ1) is 12.3. The van der Waals surface area contributed by atoms with Gasteiger partial charge in [0.2, 0.25) is 0 Å². The molecule has 0 bridgehead atoms. The van der Waals surface area contributed by atoms with Crippen molar-refractivity contribution in [2.45, 2.75) is 44.6 Å². The summed E-state index contributed by atoms with van der Waals surface area (Å²) in [4.78, 5) is 0. The Kier molecular flexibility index (Phi) is 5.07. The van der Waals surface area contributed by atoms with Crippen molar-refractivity contribution in [3.63, 3.8) is 0 Å². The Labute approximate surface area is 98.1 Å². The van der Waals surface area contributed by atoms with Gasteiger partial charge in [0.25, 0.3) is 0 Å². The highest BCUT2D eigenvalue weighted by molar-refractivity contribution is 4.73. The molecule has 1 aliphatic carbocycles. The monoisotopic (exact) mass is 228 g/mol. The third-order valence-electron chi connectivity index (χ3n) is 3.96. The molecule has 0 radical (unpaired) electrons. The predicted octanol–water partition coefficient (Wildman–Crippen LogP) is 1.98. The summed E-state index contributed by atoms with van der Waals surface area (Å²) in [6.07, 6.45) is 7.30. The molecule has 2 fully saturated rings. The number of aliphatic hydroxyl groups is 1. The number of hydrogen-bond donors (Lipinski definition) is 1. The maximum absolute atomic E-state index is 9.06. The molecular weight excluding hydrogens is 204 g/mol. The molecule has 0 aromatic rings. The first-order valence-electron chi connectivity index (χ1n) is 6.68. The highest BCUT2D eigenvalue weighted by Crippen LogP contribution is 2.26. The van der Waals surface area contributed by atoms with Crippen LogP contribution < -0.4 is 0 Å². The van der Waals surface area contributed by atoms with Gasteiger partial charge in [-0.2, -0.15) is 0 Å². The van der Waals surface area contributed by atoms with Crippen molar-refractivity contribution in [2.75, 3.05) is 26.4 Å². The summed E-state index contributed by atoms with van der Waals surface area (Å²) in [5.74, 6) is 1.24. The maximum Gasteiger partial charge on any atom is 0.0575 e. The Morgan fingerprint density at radius 2 is 1.62 bits per heavy atom. The van der Waals surface area contributed by atoms with E-state index in [0.29, 0.717) is 24.5 Å². The standard InChI is InChI=1S/C13H24O3/c14-9-11-1-3-13(4-2-11)16-10-12-5-7-15-8-6-12/h11-14H,1-10H2. The minimum atomic E-state index is 0.354. The summed E-state index contributed by atoms with van der Waals surface area (Å²) >= 11 is 0. The fourth-order valence-corrected chi connectivity index (χ4v) is 2.67. The van der Waals surface area contributed by atoms with Crippen molar-refractivity contribution in [3.8, 4) is 0 Å². The lowest BCUT2D eigenvalue weighted by molar-refractivity contribution is -0.0307. The summed E-state index contributed by atoms with van der Waals surface area (Å²) in [6.45, 7) is 3.08. The van der Waals surface area contributed by atoms with Gasteiger partial charge < -0.3 is 14.6 Å². The molecule has 94 valence electrons. The highest BCUT2D eigenvalue weighted by Gasteiger charge is 2.22. The Morgan fingerprint density at radius 1 is 0.938 bits per heavy atom. The Bertz CT molecular complexity index is 182.